The fourth-order valence-corrected chi connectivity index (χ4v) is 0.820. The Labute approximate surface area is 68.1 Å². The van der Waals surface area contributed by atoms with Crippen molar-refractivity contribution < 1.29 is 19.0 Å². The minimum Gasteiger partial charge on any atom is -0.505 e. The lowest BCUT2D eigenvalue weighted by Crippen LogP contribution is -1.99. The molecule has 2 nitrogen and oxygen atoms in total. The number of aromatic hydroxyl groups is 1. The molecule has 0 amide bonds. The first-order chi connectivity index (χ1) is 5.65. The van der Waals surface area contributed by atoms with Crippen LogP contribution in [0.1, 0.15) is 11.7 Å². The molecule has 1 rings (SSSR count). The number of hydrogen-bond donors (Lipinski definition) is 2. The highest BCUT2D eigenvalue weighted by Crippen LogP contribution is 2.20. The molecule has 0 spiro atoms. The summed E-state index contributed by atoms with van der Waals surface area (Å²) < 4.78 is 24.5. The summed E-state index contributed by atoms with van der Waals surface area (Å²) in [6, 6.07) is 3.24. The third-order valence-corrected chi connectivity index (χ3v) is 1.50. The summed E-state index contributed by atoms with van der Waals surface area (Å²) in [4.78, 5) is 0. The van der Waals surface area contributed by atoms with Gasteiger partial charge in [-0.05, 0) is 17.7 Å². The topological polar surface area (TPSA) is 40.5 Å². The van der Waals surface area contributed by atoms with Gasteiger partial charge >= 0.3 is 0 Å². The van der Waals surface area contributed by atoms with Crippen molar-refractivity contribution in [2.75, 3.05) is 6.67 Å². The largest absolute Gasteiger partial charge is 0.505 e. The van der Waals surface area contributed by atoms with Gasteiger partial charge in [-0.15, -0.1) is 0 Å². The number of alkyl halides is 1. The maximum absolute atomic E-state index is 12.6. The van der Waals surface area contributed by atoms with Gasteiger partial charge in [0.15, 0.2) is 11.6 Å². The van der Waals surface area contributed by atoms with E-state index < -0.39 is 24.3 Å². The predicted molar refractivity (Wildman–Crippen MR) is 39.0 cm³/mol. The van der Waals surface area contributed by atoms with E-state index in [0.29, 0.717) is 0 Å². The third kappa shape index (κ3) is 1.71. The molecule has 0 saturated heterocycles. The fraction of sp³-hybridized carbons (Fsp3) is 0.250. The molecular formula is C8H8F2O2. The van der Waals surface area contributed by atoms with Gasteiger partial charge in [-0.2, -0.15) is 0 Å². The molecule has 0 fully saturated rings. The summed E-state index contributed by atoms with van der Waals surface area (Å²) in [6.07, 6.45) is -1.32. The van der Waals surface area contributed by atoms with Crippen LogP contribution in [-0.2, 0) is 0 Å². The van der Waals surface area contributed by atoms with Crippen molar-refractivity contribution in [2.24, 2.45) is 0 Å². The summed E-state index contributed by atoms with van der Waals surface area (Å²) in [6.45, 7) is -0.968. The number of aliphatic hydroxyl groups excluding tert-OH is 1. The van der Waals surface area contributed by atoms with Gasteiger partial charge in [0, 0.05) is 0 Å². The Morgan fingerprint density at radius 2 is 2.08 bits per heavy atom. The second-order valence-corrected chi connectivity index (χ2v) is 2.38. The molecule has 0 aromatic heterocycles. The van der Waals surface area contributed by atoms with Crippen molar-refractivity contribution in [1.29, 1.82) is 0 Å². The zero-order valence-corrected chi connectivity index (χ0v) is 6.17. The minimum absolute atomic E-state index is 0.118. The van der Waals surface area contributed by atoms with Crippen molar-refractivity contribution in [2.45, 2.75) is 6.10 Å². The van der Waals surface area contributed by atoms with Crippen molar-refractivity contribution in [3.8, 4) is 5.75 Å². The fourth-order valence-electron chi connectivity index (χ4n) is 0.820. The standard InChI is InChI=1S/C8H8F2O2/c9-4-8(12)5-1-2-7(11)6(10)3-5/h1-3,8,11-12H,4H2. The van der Waals surface area contributed by atoms with Crippen molar-refractivity contribution in [3.63, 3.8) is 0 Å². The molecule has 0 saturated carbocycles. The van der Waals surface area contributed by atoms with Crippen LogP contribution >= 0.6 is 0 Å². The second kappa shape index (κ2) is 3.49. The van der Waals surface area contributed by atoms with Crippen LogP contribution in [0, 0.1) is 5.82 Å². The Hall–Kier alpha value is -1.16. The summed E-state index contributed by atoms with van der Waals surface area (Å²) in [5.41, 5.74) is 0.118. The van der Waals surface area contributed by atoms with Gasteiger partial charge in [-0.25, -0.2) is 8.78 Å². The van der Waals surface area contributed by atoms with Crippen LogP contribution in [0.3, 0.4) is 0 Å². The average Bonchev–Trinajstić information content (AvgIpc) is 2.08. The Morgan fingerprint density at radius 1 is 1.42 bits per heavy atom. The molecule has 1 aromatic rings. The zero-order chi connectivity index (χ0) is 9.14. The quantitative estimate of drug-likeness (QED) is 0.713. The second-order valence-electron chi connectivity index (χ2n) is 2.38. The van der Waals surface area contributed by atoms with Crippen LogP contribution in [0.2, 0.25) is 0 Å². The van der Waals surface area contributed by atoms with E-state index in [1.807, 2.05) is 0 Å². The molecule has 4 heteroatoms. The summed E-state index contributed by atoms with van der Waals surface area (Å²) in [5, 5.41) is 17.7. The van der Waals surface area contributed by atoms with Crippen LogP contribution in [-0.4, -0.2) is 16.9 Å². The van der Waals surface area contributed by atoms with E-state index >= 15 is 0 Å². The molecule has 0 aliphatic carbocycles. The molecule has 2 N–H and O–H groups in total. The maximum atomic E-state index is 12.6. The molecule has 1 atom stereocenters. The van der Waals surface area contributed by atoms with E-state index in [1.165, 1.54) is 6.07 Å². The van der Waals surface area contributed by atoms with E-state index in [9.17, 15) is 8.78 Å². The summed E-state index contributed by atoms with van der Waals surface area (Å²) in [7, 11) is 0. The number of aliphatic hydroxyl groups is 1. The number of phenols is 1. The Balaban J connectivity index is 2.96. The monoisotopic (exact) mass is 174 g/mol. The highest BCUT2D eigenvalue weighted by atomic mass is 19.1. The lowest BCUT2D eigenvalue weighted by molar-refractivity contribution is 0.141. The third-order valence-electron chi connectivity index (χ3n) is 1.50. The van der Waals surface area contributed by atoms with Crippen molar-refractivity contribution in [3.05, 3.63) is 29.6 Å². The molecular weight excluding hydrogens is 166 g/mol. The smallest absolute Gasteiger partial charge is 0.165 e. The molecule has 1 unspecified atom stereocenters. The van der Waals surface area contributed by atoms with Crippen LogP contribution < -0.4 is 0 Å². The first-order valence-electron chi connectivity index (χ1n) is 3.37. The lowest BCUT2D eigenvalue weighted by Gasteiger charge is -2.06. The molecule has 1 aromatic carbocycles. The summed E-state index contributed by atoms with van der Waals surface area (Å²) in [5.74, 6) is -1.37. The first-order valence-corrected chi connectivity index (χ1v) is 3.37. The van der Waals surface area contributed by atoms with E-state index in [2.05, 4.69) is 0 Å². The average molecular weight is 174 g/mol. The van der Waals surface area contributed by atoms with Gasteiger partial charge in [0.25, 0.3) is 0 Å². The number of halogens is 2. The zero-order valence-electron chi connectivity index (χ0n) is 6.17. The molecule has 12 heavy (non-hydrogen) atoms. The van der Waals surface area contributed by atoms with E-state index in [-0.39, 0.29) is 5.56 Å². The Kier molecular flexibility index (Phi) is 2.60. The number of phenolic OH excluding ortho intramolecular Hbond substituents is 1. The molecule has 66 valence electrons. The van der Waals surface area contributed by atoms with E-state index in [1.54, 1.807) is 0 Å². The maximum Gasteiger partial charge on any atom is 0.165 e. The molecule has 0 aliphatic heterocycles. The predicted octanol–water partition coefficient (Wildman–Crippen LogP) is 1.53. The van der Waals surface area contributed by atoms with Gasteiger partial charge in [0.2, 0.25) is 0 Å². The highest BCUT2D eigenvalue weighted by molar-refractivity contribution is 5.29. The van der Waals surface area contributed by atoms with E-state index in [0.717, 1.165) is 12.1 Å². The molecule has 0 aliphatic rings. The van der Waals surface area contributed by atoms with Gasteiger partial charge in [-0.1, -0.05) is 6.07 Å². The van der Waals surface area contributed by atoms with Crippen LogP contribution in [0.25, 0.3) is 0 Å². The van der Waals surface area contributed by atoms with Gasteiger partial charge in [0.1, 0.15) is 12.8 Å². The molecule has 0 bridgehead atoms. The normalized spacial score (nSPS) is 12.9. The van der Waals surface area contributed by atoms with Crippen LogP contribution in [0.15, 0.2) is 18.2 Å². The first kappa shape index (κ1) is 8.93. The molecule has 0 radical (unpaired) electrons. The van der Waals surface area contributed by atoms with Crippen LogP contribution in [0.5, 0.6) is 5.75 Å². The number of benzene rings is 1. The number of hydrogen-bond acceptors (Lipinski definition) is 2. The van der Waals surface area contributed by atoms with Gasteiger partial charge in [-0.3, -0.25) is 0 Å². The van der Waals surface area contributed by atoms with Crippen LogP contribution in [0.4, 0.5) is 8.78 Å². The Morgan fingerprint density at radius 3 is 2.58 bits per heavy atom. The van der Waals surface area contributed by atoms with Crippen molar-refractivity contribution >= 4 is 0 Å². The minimum atomic E-state index is -1.32. The van der Waals surface area contributed by atoms with E-state index in [4.69, 9.17) is 10.2 Å². The van der Waals surface area contributed by atoms with Gasteiger partial charge in [0.05, 0.1) is 0 Å². The Bertz CT molecular complexity index is 276. The SMILES string of the molecule is Oc1ccc(C(O)CF)cc1F. The lowest BCUT2D eigenvalue weighted by atomic mass is 10.1. The molecule has 0 heterocycles. The van der Waals surface area contributed by atoms with Crippen molar-refractivity contribution in [1.82, 2.24) is 0 Å². The number of rotatable bonds is 2. The van der Waals surface area contributed by atoms with Gasteiger partial charge < -0.3 is 10.2 Å². The highest BCUT2D eigenvalue weighted by Gasteiger charge is 2.09. The summed E-state index contributed by atoms with van der Waals surface area (Å²) >= 11 is 0.